The molecule has 0 saturated heterocycles. The van der Waals surface area contributed by atoms with Gasteiger partial charge in [0.25, 0.3) is 0 Å². The monoisotopic (exact) mass is 162 g/mol. The fraction of sp³-hybridized carbons (Fsp3) is 1.00. The third kappa shape index (κ3) is 6.32. The van der Waals surface area contributed by atoms with Gasteiger partial charge >= 0.3 is 0 Å². The summed E-state index contributed by atoms with van der Waals surface area (Å²) < 4.78 is 0. The van der Waals surface area contributed by atoms with Gasteiger partial charge in [-0.25, -0.2) is 0 Å². The van der Waals surface area contributed by atoms with Crippen molar-refractivity contribution >= 4 is 0 Å². The van der Waals surface area contributed by atoms with Gasteiger partial charge in [-0.15, -0.1) is 0 Å². The van der Waals surface area contributed by atoms with Crippen LogP contribution in [0.1, 0.15) is 34.6 Å². The Hall–Kier alpha value is -0.0800. The lowest BCUT2D eigenvalue weighted by Gasteiger charge is -2.17. The second kappa shape index (κ2) is 6.62. The third-order valence-electron chi connectivity index (χ3n) is 1.66. The van der Waals surface area contributed by atoms with E-state index in [1.165, 1.54) is 0 Å². The van der Waals surface area contributed by atoms with Crippen LogP contribution in [0.4, 0.5) is 0 Å². The lowest BCUT2D eigenvalue weighted by Crippen LogP contribution is -2.22. The van der Waals surface area contributed by atoms with E-state index >= 15 is 0 Å². The Morgan fingerprint density at radius 2 is 1.64 bits per heavy atom. The Bertz CT molecular complexity index is 81.6. The fourth-order valence-electron chi connectivity index (χ4n) is 0.837. The Morgan fingerprint density at radius 3 is 1.91 bits per heavy atom. The van der Waals surface area contributed by atoms with Crippen LogP contribution in [-0.4, -0.2) is 22.9 Å². The third-order valence-corrected chi connectivity index (χ3v) is 1.66. The highest BCUT2D eigenvalue weighted by Gasteiger charge is 2.13. The molecule has 0 aliphatic carbocycles. The first-order valence-electron chi connectivity index (χ1n) is 3.86. The van der Waals surface area contributed by atoms with Crippen LogP contribution in [0.2, 0.25) is 0 Å². The molecule has 0 aliphatic heterocycles. The van der Waals surface area contributed by atoms with Crippen molar-refractivity contribution in [2.75, 3.05) is 6.61 Å². The van der Waals surface area contributed by atoms with Gasteiger partial charge in [-0.3, -0.25) is 0 Å². The molecule has 11 heavy (non-hydrogen) atoms. The van der Waals surface area contributed by atoms with Gasteiger partial charge in [0.05, 0.1) is 6.10 Å². The second-order valence-electron chi connectivity index (χ2n) is 3.36. The summed E-state index contributed by atoms with van der Waals surface area (Å²) in [6, 6.07) is 0. The molecular formula is C9H22O2. The van der Waals surface area contributed by atoms with E-state index in [1.807, 2.05) is 6.92 Å². The van der Waals surface area contributed by atoms with Crippen LogP contribution in [0.3, 0.4) is 0 Å². The quantitative estimate of drug-likeness (QED) is 0.660. The molecule has 0 aromatic heterocycles. The van der Waals surface area contributed by atoms with Gasteiger partial charge < -0.3 is 10.2 Å². The van der Waals surface area contributed by atoms with Crippen LogP contribution in [0.25, 0.3) is 0 Å². The summed E-state index contributed by atoms with van der Waals surface area (Å²) in [4.78, 5) is 0. The van der Waals surface area contributed by atoms with Crippen molar-refractivity contribution in [3.8, 4) is 0 Å². The van der Waals surface area contributed by atoms with E-state index in [1.54, 1.807) is 0 Å². The fourth-order valence-corrected chi connectivity index (χ4v) is 0.837. The molecule has 2 heteroatoms. The van der Waals surface area contributed by atoms with E-state index in [9.17, 15) is 5.11 Å². The van der Waals surface area contributed by atoms with Gasteiger partial charge in [-0.05, 0) is 12.3 Å². The molecule has 1 unspecified atom stereocenters. The number of rotatable bonds is 4. The van der Waals surface area contributed by atoms with Crippen LogP contribution >= 0.6 is 0 Å². The summed E-state index contributed by atoms with van der Waals surface area (Å²) in [5, 5.41) is 18.0. The molecule has 0 aromatic rings. The zero-order chi connectivity index (χ0) is 8.15. The maximum atomic E-state index is 9.33. The van der Waals surface area contributed by atoms with Crippen molar-refractivity contribution in [1.82, 2.24) is 0 Å². The van der Waals surface area contributed by atoms with E-state index in [2.05, 4.69) is 13.8 Å². The number of aliphatic hydroxyl groups is 2. The molecule has 0 radical (unpaired) electrons. The predicted octanol–water partition coefficient (Wildman–Crippen LogP) is 1.66. The number of hydrogen-bond acceptors (Lipinski definition) is 2. The standard InChI is InChI=1S/C8H18O2.CH4/c1-6(2)4-8(10)7(3)5-9;/h6-10H,4-5H2,1-3H3;1H4/t7-,8?;/m1./s1. The lowest BCUT2D eigenvalue weighted by molar-refractivity contribution is 0.0612. The number of aliphatic hydroxyl groups excluding tert-OH is 2. The maximum Gasteiger partial charge on any atom is 0.0590 e. The van der Waals surface area contributed by atoms with Gasteiger partial charge in [0.15, 0.2) is 0 Å². The summed E-state index contributed by atoms with van der Waals surface area (Å²) in [5.41, 5.74) is 0. The molecule has 0 aliphatic rings. The Balaban J connectivity index is 0. The molecule has 0 fully saturated rings. The highest BCUT2D eigenvalue weighted by atomic mass is 16.3. The minimum Gasteiger partial charge on any atom is -0.396 e. The normalized spacial score (nSPS) is 15.8. The maximum absolute atomic E-state index is 9.33. The summed E-state index contributed by atoms with van der Waals surface area (Å²) in [6.45, 7) is 6.06. The van der Waals surface area contributed by atoms with Crippen molar-refractivity contribution in [3.05, 3.63) is 0 Å². The Morgan fingerprint density at radius 1 is 1.18 bits per heavy atom. The van der Waals surface area contributed by atoms with Crippen LogP contribution in [-0.2, 0) is 0 Å². The average Bonchev–Trinajstić information content (AvgIpc) is 1.85. The van der Waals surface area contributed by atoms with Gasteiger partial charge in [0.2, 0.25) is 0 Å². The molecule has 0 spiro atoms. The molecule has 2 nitrogen and oxygen atoms in total. The zero-order valence-corrected chi connectivity index (χ0v) is 7.04. The molecule has 0 saturated carbocycles. The second-order valence-corrected chi connectivity index (χ2v) is 3.36. The highest BCUT2D eigenvalue weighted by Crippen LogP contribution is 2.11. The molecule has 0 heterocycles. The van der Waals surface area contributed by atoms with Crippen molar-refractivity contribution in [3.63, 3.8) is 0 Å². The van der Waals surface area contributed by atoms with E-state index < -0.39 is 0 Å². The SMILES string of the molecule is C.CC(C)CC(O)[C@H](C)CO. The molecule has 0 bridgehead atoms. The van der Waals surface area contributed by atoms with Gasteiger partial charge in [-0.1, -0.05) is 28.2 Å². The molecule has 2 atom stereocenters. The molecule has 70 valence electrons. The van der Waals surface area contributed by atoms with E-state index in [-0.39, 0.29) is 26.1 Å². The highest BCUT2D eigenvalue weighted by molar-refractivity contribution is 4.64. The molecular weight excluding hydrogens is 140 g/mol. The predicted molar refractivity (Wildman–Crippen MR) is 48.4 cm³/mol. The van der Waals surface area contributed by atoms with E-state index in [0.717, 1.165) is 6.42 Å². The Labute approximate surface area is 70.3 Å². The topological polar surface area (TPSA) is 40.5 Å². The number of hydrogen-bond donors (Lipinski definition) is 2. The van der Waals surface area contributed by atoms with E-state index in [4.69, 9.17) is 5.11 Å². The van der Waals surface area contributed by atoms with Crippen LogP contribution in [0.15, 0.2) is 0 Å². The summed E-state index contributed by atoms with van der Waals surface area (Å²) in [7, 11) is 0. The van der Waals surface area contributed by atoms with Crippen molar-refractivity contribution in [1.29, 1.82) is 0 Å². The van der Waals surface area contributed by atoms with Gasteiger partial charge in [0, 0.05) is 12.5 Å². The molecule has 0 amide bonds. The first kappa shape index (κ1) is 13.5. The van der Waals surface area contributed by atoms with Gasteiger partial charge in [-0.2, -0.15) is 0 Å². The van der Waals surface area contributed by atoms with E-state index in [0.29, 0.717) is 5.92 Å². The molecule has 0 aromatic carbocycles. The Kier molecular flexibility index (Phi) is 8.13. The smallest absolute Gasteiger partial charge is 0.0590 e. The average molecular weight is 162 g/mol. The van der Waals surface area contributed by atoms with Crippen molar-refractivity contribution in [2.45, 2.75) is 40.7 Å². The van der Waals surface area contributed by atoms with Crippen LogP contribution in [0.5, 0.6) is 0 Å². The summed E-state index contributed by atoms with van der Waals surface area (Å²) in [6.07, 6.45) is 0.437. The van der Waals surface area contributed by atoms with Gasteiger partial charge in [0.1, 0.15) is 0 Å². The van der Waals surface area contributed by atoms with Crippen LogP contribution in [0, 0.1) is 11.8 Å². The summed E-state index contributed by atoms with van der Waals surface area (Å²) in [5.74, 6) is 0.520. The molecule has 2 N–H and O–H groups in total. The minimum absolute atomic E-state index is 0. The minimum atomic E-state index is -0.343. The summed E-state index contributed by atoms with van der Waals surface area (Å²) >= 11 is 0. The zero-order valence-electron chi connectivity index (χ0n) is 7.04. The van der Waals surface area contributed by atoms with Crippen LogP contribution < -0.4 is 0 Å². The van der Waals surface area contributed by atoms with Crippen molar-refractivity contribution < 1.29 is 10.2 Å². The first-order chi connectivity index (χ1) is 4.57. The van der Waals surface area contributed by atoms with Crippen molar-refractivity contribution in [2.24, 2.45) is 11.8 Å². The molecule has 0 rings (SSSR count). The largest absolute Gasteiger partial charge is 0.396 e. The first-order valence-corrected chi connectivity index (χ1v) is 3.86. The lowest BCUT2D eigenvalue weighted by atomic mass is 9.97.